The van der Waals surface area contributed by atoms with Gasteiger partial charge >= 0.3 is 11.7 Å². The second-order valence-corrected chi connectivity index (χ2v) is 5.69. The largest absolute Gasteiger partial charge is 0.468 e. The molecule has 24 heavy (non-hydrogen) atoms. The predicted molar refractivity (Wildman–Crippen MR) is 90.4 cm³/mol. The zero-order valence-electron chi connectivity index (χ0n) is 14.2. The minimum Gasteiger partial charge on any atom is -0.468 e. The summed E-state index contributed by atoms with van der Waals surface area (Å²) in [5.74, 6) is -0.488. The van der Waals surface area contributed by atoms with Crippen LogP contribution in [-0.4, -0.2) is 28.3 Å². The van der Waals surface area contributed by atoms with E-state index < -0.39 is 17.7 Å². The van der Waals surface area contributed by atoms with Crippen LogP contribution in [0.5, 0.6) is 0 Å². The molecule has 1 heterocycles. The van der Waals surface area contributed by atoms with Crippen LogP contribution >= 0.6 is 0 Å². The lowest BCUT2D eigenvalue weighted by Crippen LogP contribution is -2.40. The number of nitrogens with two attached hydrogens (primary N) is 1. The van der Waals surface area contributed by atoms with Gasteiger partial charge in [-0.1, -0.05) is 12.1 Å². The van der Waals surface area contributed by atoms with Crippen LogP contribution in [0, 0.1) is 13.8 Å². The topological polar surface area (TPSA) is 96.3 Å². The Morgan fingerprint density at radius 1 is 1.21 bits per heavy atom. The van der Waals surface area contributed by atoms with E-state index in [4.69, 9.17) is 5.73 Å². The zero-order valence-corrected chi connectivity index (χ0v) is 14.2. The summed E-state index contributed by atoms with van der Waals surface area (Å²) in [6, 6.07) is 6.05. The lowest BCUT2D eigenvalue weighted by atomic mass is 10.1. The third-order valence-corrected chi connectivity index (χ3v) is 4.20. The van der Waals surface area contributed by atoms with Crippen molar-refractivity contribution in [3.05, 3.63) is 61.9 Å². The molecule has 0 aliphatic heterocycles. The molecule has 7 nitrogen and oxygen atoms in total. The molecule has 0 aliphatic carbocycles. The van der Waals surface area contributed by atoms with Gasteiger partial charge < -0.3 is 15.0 Å². The summed E-state index contributed by atoms with van der Waals surface area (Å²) in [4.78, 5) is 36.2. The van der Waals surface area contributed by atoms with Crippen LogP contribution in [0.4, 0.5) is 0 Å². The molecule has 2 aromatic rings. The Bertz CT molecular complexity index is 841. The van der Waals surface area contributed by atoms with E-state index in [-0.39, 0.29) is 5.56 Å². The molecule has 0 unspecified atom stereocenters. The Kier molecular flexibility index (Phi) is 5.04. The molecule has 2 N–H and O–H groups in total. The fourth-order valence-corrected chi connectivity index (χ4v) is 2.45. The number of hydrogen-bond acceptors (Lipinski definition) is 5. The Morgan fingerprint density at radius 2 is 1.79 bits per heavy atom. The quantitative estimate of drug-likeness (QED) is 0.807. The van der Waals surface area contributed by atoms with Crippen molar-refractivity contribution in [2.24, 2.45) is 12.8 Å². The van der Waals surface area contributed by atoms with E-state index in [9.17, 15) is 14.4 Å². The van der Waals surface area contributed by atoms with Gasteiger partial charge in [-0.2, -0.15) is 0 Å². The molecule has 0 spiro atoms. The van der Waals surface area contributed by atoms with Crippen molar-refractivity contribution in [1.82, 2.24) is 9.13 Å². The van der Waals surface area contributed by atoms with Crippen LogP contribution in [0.1, 0.15) is 16.8 Å². The summed E-state index contributed by atoms with van der Waals surface area (Å²) >= 11 is 0. The van der Waals surface area contributed by atoms with Crippen LogP contribution in [0.25, 0.3) is 5.69 Å². The fourth-order valence-electron chi connectivity index (χ4n) is 2.45. The number of esters is 1. The molecule has 2 rings (SSSR count). The van der Waals surface area contributed by atoms with Crippen molar-refractivity contribution in [3.8, 4) is 5.69 Å². The number of carbonyl (C=O) groups excluding carboxylic acids is 1. The normalized spacial score (nSPS) is 12.0. The van der Waals surface area contributed by atoms with Crippen molar-refractivity contribution in [2.75, 3.05) is 7.11 Å². The maximum absolute atomic E-state index is 12.4. The van der Waals surface area contributed by atoms with Gasteiger partial charge in [-0.3, -0.25) is 9.59 Å². The van der Waals surface area contributed by atoms with E-state index in [0.29, 0.717) is 23.4 Å². The Hall–Kier alpha value is -2.67. The fraction of sp³-hybridized carbons (Fsp3) is 0.353. The van der Waals surface area contributed by atoms with E-state index >= 15 is 0 Å². The van der Waals surface area contributed by atoms with Gasteiger partial charge in [0.15, 0.2) is 0 Å². The number of nitrogens with zero attached hydrogens (tertiary/aromatic N) is 2. The Labute approximate surface area is 139 Å². The average molecular weight is 331 g/mol. The first-order valence-corrected chi connectivity index (χ1v) is 7.50. The predicted octanol–water partition coefficient (Wildman–Crippen LogP) is 0.196. The summed E-state index contributed by atoms with van der Waals surface area (Å²) < 4.78 is 7.17. The van der Waals surface area contributed by atoms with Crippen molar-refractivity contribution in [1.29, 1.82) is 0 Å². The first-order chi connectivity index (χ1) is 11.3. The molecule has 0 radical (unpaired) electrons. The third kappa shape index (κ3) is 3.16. The van der Waals surface area contributed by atoms with Gasteiger partial charge in [0.2, 0.25) is 0 Å². The molecule has 0 fully saturated rings. The van der Waals surface area contributed by atoms with Gasteiger partial charge in [0.25, 0.3) is 5.56 Å². The molecule has 0 bridgehead atoms. The van der Waals surface area contributed by atoms with Gasteiger partial charge in [0.1, 0.15) is 6.04 Å². The zero-order chi connectivity index (χ0) is 18.0. The summed E-state index contributed by atoms with van der Waals surface area (Å²) in [6.07, 6.45) is 0.312. The van der Waals surface area contributed by atoms with Crippen LogP contribution in [-0.2, 0) is 23.0 Å². The highest BCUT2D eigenvalue weighted by Gasteiger charge is 2.15. The van der Waals surface area contributed by atoms with Crippen LogP contribution in [0.15, 0.2) is 33.9 Å². The summed E-state index contributed by atoms with van der Waals surface area (Å²) in [6.45, 7) is 3.43. The SMILES string of the molecule is COC(=O)[C@@H](N)Cc1ccc(-n2c(=O)c(C)c(C)n(C)c2=O)cc1. The van der Waals surface area contributed by atoms with E-state index in [0.717, 1.165) is 10.1 Å². The van der Waals surface area contributed by atoms with E-state index in [1.54, 1.807) is 45.2 Å². The van der Waals surface area contributed by atoms with Crippen molar-refractivity contribution < 1.29 is 9.53 Å². The number of hydrogen-bond donors (Lipinski definition) is 1. The first kappa shape index (κ1) is 17.7. The molecule has 0 saturated carbocycles. The highest BCUT2D eigenvalue weighted by Crippen LogP contribution is 2.09. The number of methoxy groups -OCH3 is 1. The molecule has 1 aromatic heterocycles. The second kappa shape index (κ2) is 6.84. The molecule has 7 heteroatoms. The Morgan fingerprint density at radius 3 is 2.33 bits per heavy atom. The molecule has 1 aromatic carbocycles. The van der Waals surface area contributed by atoms with Gasteiger partial charge in [-0.05, 0) is 38.0 Å². The molecular formula is C17H21N3O4. The number of carbonyl (C=O) groups is 1. The molecule has 128 valence electrons. The number of benzene rings is 1. The molecule has 0 aliphatic rings. The minimum absolute atomic E-state index is 0.312. The number of rotatable bonds is 4. The van der Waals surface area contributed by atoms with Crippen LogP contribution in [0.3, 0.4) is 0 Å². The molecule has 0 amide bonds. The maximum Gasteiger partial charge on any atom is 0.335 e. The van der Waals surface area contributed by atoms with Crippen molar-refractivity contribution in [2.45, 2.75) is 26.3 Å². The first-order valence-electron chi connectivity index (χ1n) is 7.50. The van der Waals surface area contributed by atoms with Gasteiger partial charge in [-0.25, -0.2) is 9.36 Å². The van der Waals surface area contributed by atoms with Crippen LogP contribution in [0.2, 0.25) is 0 Å². The van der Waals surface area contributed by atoms with Gasteiger partial charge in [0.05, 0.1) is 12.8 Å². The molecular weight excluding hydrogens is 310 g/mol. The Balaban J connectivity index is 2.41. The van der Waals surface area contributed by atoms with Gasteiger partial charge in [0, 0.05) is 18.3 Å². The summed E-state index contributed by atoms with van der Waals surface area (Å²) in [7, 11) is 2.91. The second-order valence-electron chi connectivity index (χ2n) is 5.69. The summed E-state index contributed by atoms with van der Waals surface area (Å²) in [5, 5.41) is 0. The lowest BCUT2D eigenvalue weighted by Gasteiger charge is -2.13. The monoisotopic (exact) mass is 331 g/mol. The van der Waals surface area contributed by atoms with E-state index in [2.05, 4.69) is 4.74 Å². The third-order valence-electron chi connectivity index (χ3n) is 4.20. The smallest absolute Gasteiger partial charge is 0.335 e. The highest BCUT2D eigenvalue weighted by atomic mass is 16.5. The van der Waals surface area contributed by atoms with Crippen molar-refractivity contribution >= 4 is 5.97 Å². The van der Waals surface area contributed by atoms with E-state index in [1.165, 1.54) is 11.7 Å². The number of aromatic nitrogens is 2. The van der Waals surface area contributed by atoms with E-state index in [1.807, 2.05) is 0 Å². The maximum atomic E-state index is 12.4. The summed E-state index contributed by atoms with van der Waals surface area (Å²) in [5.41, 5.74) is 7.44. The average Bonchev–Trinajstić information content (AvgIpc) is 2.59. The molecule has 0 saturated heterocycles. The minimum atomic E-state index is -0.752. The lowest BCUT2D eigenvalue weighted by molar-refractivity contribution is -0.142. The van der Waals surface area contributed by atoms with Crippen LogP contribution < -0.4 is 17.0 Å². The van der Waals surface area contributed by atoms with Gasteiger partial charge in [-0.15, -0.1) is 0 Å². The standard InChI is InChI=1S/C17H21N3O4/c1-10-11(2)19(3)17(23)20(15(10)21)13-7-5-12(6-8-13)9-14(18)16(22)24-4/h5-8,14H,9,18H2,1-4H3/t14-/m0/s1. The van der Waals surface area contributed by atoms with Crippen molar-refractivity contribution in [3.63, 3.8) is 0 Å². The number of ether oxygens (including phenoxy) is 1. The highest BCUT2D eigenvalue weighted by molar-refractivity contribution is 5.75. The molecule has 1 atom stereocenters.